The van der Waals surface area contributed by atoms with Crippen molar-refractivity contribution in [2.24, 2.45) is 0 Å². The molecule has 1 aliphatic heterocycles. The second-order valence-electron chi connectivity index (χ2n) is 5.86. The van der Waals surface area contributed by atoms with Gasteiger partial charge in [-0.25, -0.2) is 4.98 Å². The summed E-state index contributed by atoms with van der Waals surface area (Å²) in [7, 11) is 1.57. The van der Waals surface area contributed by atoms with Gasteiger partial charge in [0.2, 0.25) is 17.7 Å². The zero-order chi connectivity index (χ0) is 18.6. The highest BCUT2D eigenvalue weighted by Gasteiger charge is 2.23. The average Bonchev–Trinajstić information content (AvgIpc) is 3.20. The zero-order valence-corrected chi connectivity index (χ0v) is 14.7. The molecule has 0 atom stereocenters. The second kappa shape index (κ2) is 7.40. The third-order valence-electron chi connectivity index (χ3n) is 4.22. The molecule has 0 unspecified atom stereocenters. The Kier molecular flexibility index (Phi) is 4.64. The summed E-state index contributed by atoms with van der Waals surface area (Å²) in [5, 5.41) is 11.8. The summed E-state index contributed by atoms with van der Waals surface area (Å²) in [6, 6.07) is 5.09. The van der Waals surface area contributed by atoms with E-state index < -0.39 is 0 Å². The van der Waals surface area contributed by atoms with Crippen LogP contribution in [0.5, 0.6) is 11.8 Å². The summed E-state index contributed by atoms with van der Waals surface area (Å²) < 4.78 is 12.1. The van der Waals surface area contributed by atoms with Crippen molar-refractivity contribution in [3.8, 4) is 11.8 Å². The van der Waals surface area contributed by atoms with Gasteiger partial charge in [-0.15, -0.1) is 15.3 Å². The van der Waals surface area contributed by atoms with Crippen LogP contribution < -0.4 is 14.4 Å². The summed E-state index contributed by atoms with van der Waals surface area (Å²) in [5.41, 5.74) is 0.615. The SMILES string of the molecule is COc1ccnc(N2CCN(C(=O)COc3ccc4nncn4n3)CC2)n1. The molecule has 0 bridgehead atoms. The highest BCUT2D eigenvalue weighted by molar-refractivity contribution is 5.78. The van der Waals surface area contributed by atoms with Gasteiger partial charge in [-0.2, -0.15) is 9.50 Å². The normalized spacial score (nSPS) is 14.4. The minimum Gasteiger partial charge on any atom is -0.481 e. The fourth-order valence-corrected chi connectivity index (χ4v) is 2.77. The minimum absolute atomic E-state index is 0.0731. The van der Waals surface area contributed by atoms with Gasteiger partial charge in [-0.3, -0.25) is 4.79 Å². The molecular formula is C16H18N8O3. The van der Waals surface area contributed by atoms with E-state index in [1.165, 1.54) is 10.8 Å². The lowest BCUT2D eigenvalue weighted by Gasteiger charge is -2.34. The fourth-order valence-electron chi connectivity index (χ4n) is 2.77. The van der Waals surface area contributed by atoms with Gasteiger partial charge < -0.3 is 19.3 Å². The molecule has 1 aliphatic rings. The van der Waals surface area contributed by atoms with Gasteiger partial charge in [-0.05, 0) is 6.07 Å². The van der Waals surface area contributed by atoms with Crippen LogP contribution in [0.25, 0.3) is 5.65 Å². The molecule has 3 aromatic heterocycles. The smallest absolute Gasteiger partial charge is 0.260 e. The molecule has 1 amide bonds. The summed E-state index contributed by atoms with van der Waals surface area (Å²) in [6.45, 7) is 2.35. The largest absolute Gasteiger partial charge is 0.481 e. The number of nitrogens with zero attached hydrogens (tertiary/aromatic N) is 8. The maximum absolute atomic E-state index is 12.4. The molecule has 3 aromatic rings. The van der Waals surface area contributed by atoms with Crippen LogP contribution in [0, 0.1) is 0 Å². The van der Waals surface area contributed by atoms with Crippen molar-refractivity contribution in [3.63, 3.8) is 0 Å². The molecule has 140 valence electrons. The molecule has 11 heteroatoms. The Bertz CT molecular complexity index is 938. The highest BCUT2D eigenvalue weighted by atomic mass is 16.5. The molecule has 11 nitrogen and oxygen atoms in total. The summed E-state index contributed by atoms with van der Waals surface area (Å²) in [5.74, 6) is 1.37. The first kappa shape index (κ1) is 16.9. The second-order valence-corrected chi connectivity index (χ2v) is 5.86. The number of ether oxygens (including phenoxy) is 2. The maximum atomic E-state index is 12.4. The van der Waals surface area contributed by atoms with E-state index in [1.807, 2.05) is 4.90 Å². The van der Waals surface area contributed by atoms with E-state index >= 15 is 0 Å². The third-order valence-corrected chi connectivity index (χ3v) is 4.22. The number of fused-ring (bicyclic) bond motifs is 1. The number of aromatic nitrogens is 6. The molecule has 0 aromatic carbocycles. The Labute approximate surface area is 154 Å². The highest BCUT2D eigenvalue weighted by Crippen LogP contribution is 2.15. The Balaban J connectivity index is 1.30. The number of carbonyl (C=O) groups is 1. The van der Waals surface area contributed by atoms with E-state index in [2.05, 4.69) is 25.3 Å². The van der Waals surface area contributed by atoms with Gasteiger partial charge in [0.05, 0.1) is 7.11 Å². The standard InChI is InChI=1S/C16H18N8O3/c1-26-13-4-5-17-16(19-13)23-8-6-22(7-9-23)15(25)10-27-14-3-2-12-20-18-11-24(12)21-14/h2-5,11H,6-10H2,1H3. The predicted molar refractivity (Wildman–Crippen MR) is 93.7 cm³/mol. The van der Waals surface area contributed by atoms with Crippen LogP contribution in [-0.4, -0.2) is 80.5 Å². The monoisotopic (exact) mass is 370 g/mol. The van der Waals surface area contributed by atoms with Crippen LogP contribution in [0.15, 0.2) is 30.7 Å². The van der Waals surface area contributed by atoms with Gasteiger partial charge in [0, 0.05) is 44.5 Å². The summed E-state index contributed by atoms with van der Waals surface area (Å²) in [4.78, 5) is 24.8. The molecule has 0 aliphatic carbocycles. The van der Waals surface area contributed by atoms with Crippen molar-refractivity contribution < 1.29 is 14.3 Å². The van der Waals surface area contributed by atoms with E-state index in [9.17, 15) is 4.79 Å². The van der Waals surface area contributed by atoms with Gasteiger partial charge in [0.25, 0.3) is 5.91 Å². The number of methoxy groups -OCH3 is 1. The maximum Gasteiger partial charge on any atom is 0.260 e. The van der Waals surface area contributed by atoms with Crippen molar-refractivity contribution >= 4 is 17.5 Å². The molecule has 0 radical (unpaired) electrons. The van der Waals surface area contributed by atoms with E-state index in [0.717, 1.165) is 0 Å². The molecule has 0 N–H and O–H groups in total. The Hall–Kier alpha value is -3.50. The zero-order valence-electron chi connectivity index (χ0n) is 14.7. The first-order valence-corrected chi connectivity index (χ1v) is 8.42. The third kappa shape index (κ3) is 3.71. The Morgan fingerprint density at radius 2 is 2.00 bits per heavy atom. The van der Waals surface area contributed by atoms with Crippen molar-refractivity contribution in [1.29, 1.82) is 0 Å². The van der Waals surface area contributed by atoms with Crippen LogP contribution in [0.1, 0.15) is 0 Å². The predicted octanol–water partition coefficient (Wildman–Crippen LogP) is -0.349. The number of hydrogen-bond donors (Lipinski definition) is 0. The molecule has 1 fully saturated rings. The number of hydrogen-bond acceptors (Lipinski definition) is 9. The van der Waals surface area contributed by atoms with E-state index in [4.69, 9.17) is 9.47 Å². The molecule has 4 heterocycles. The molecular weight excluding hydrogens is 352 g/mol. The number of anilines is 1. The van der Waals surface area contributed by atoms with Gasteiger partial charge in [-0.1, -0.05) is 0 Å². The minimum atomic E-state index is -0.0909. The molecule has 0 saturated carbocycles. The van der Waals surface area contributed by atoms with Crippen molar-refractivity contribution in [2.75, 3.05) is 44.8 Å². The van der Waals surface area contributed by atoms with Crippen LogP contribution in [0.2, 0.25) is 0 Å². The lowest BCUT2D eigenvalue weighted by molar-refractivity contribution is -0.133. The van der Waals surface area contributed by atoms with E-state index in [-0.39, 0.29) is 12.5 Å². The first-order chi connectivity index (χ1) is 13.2. The Morgan fingerprint density at radius 3 is 2.81 bits per heavy atom. The topological polar surface area (TPSA) is 111 Å². The average molecular weight is 370 g/mol. The number of amides is 1. The van der Waals surface area contributed by atoms with Crippen molar-refractivity contribution in [1.82, 2.24) is 34.7 Å². The Morgan fingerprint density at radius 1 is 1.15 bits per heavy atom. The first-order valence-electron chi connectivity index (χ1n) is 8.42. The molecule has 0 spiro atoms. The van der Waals surface area contributed by atoms with Crippen molar-refractivity contribution in [2.45, 2.75) is 0 Å². The van der Waals surface area contributed by atoms with Gasteiger partial charge in [0.1, 0.15) is 6.33 Å². The number of rotatable bonds is 5. The lowest BCUT2D eigenvalue weighted by Crippen LogP contribution is -2.50. The van der Waals surface area contributed by atoms with Crippen LogP contribution in [0.3, 0.4) is 0 Å². The van der Waals surface area contributed by atoms with E-state index in [1.54, 1.807) is 36.4 Å². The quantitative estimate of drug-likeness (QED) is 0.595. The lowest BCUT2D eigenvalue weighted by atomic mass is 10.3. The molecule has 27 heavy (non-hydrogen) atoms. The van der Waals surface area contributed by atoms with Crippen LogP contribution in [0.4, 0.5) is 5.95 Å². The van der Waals surface area contributed by atoms with Crippen LogP contribution >= 0.6 is 0 Å². The van der Waals surface area contributed by atoms with Crippen LogP contribution in [-0.2, 0) is 4.79 Å². The van der Waals surface area contributed by atoms with Gasteiger partial charge >= 0.3 is 0 Å². The van der Waals surface area contributed by atoms with Gasteiger partial charge in [0.15, 0.2) is 12.3 Å². The number of carbonyl (C=O) groups excluding carboxylic acids is 1. The number of piperazine rings is 1. The molecule has 1 saturated heterocycles. The summed E-state index contributed by atoms with van der Waals surface area (Å²) >= 11 is 0. The molecule has 4 rings (SSSR count). The summed E-state index contributed by atoms with van der Waals surface area (Å²) in [6.07, 6.45) is 3.13. The fraction of sp³-hybridized carbons (Fsp3) is 0.375. The van der Waals surface area contributed by atoms with Crippen molar-refractivity contribution in [3.05, 3.63) is 30.7 Å². The van der Waals surface area contributed by atoms with E-state index in [0.29, 0.717) is 49.5 Å².